The number of hydrogen-bond acceptors (Lipinski definition) is 2. The van der Waals surface area contributed by atoms with E-state index in [1.165, 1.54) is 31.2 Å². The van der Waals surface area contributed by atoms with E-state index in [1.807, 2.05) is 25.2 Å². The zero-order valence-electron chi connectivity index (χ0n) is 13.4. The van der Waals surface area contributed by atoms with Crippen molar-refractivity contribution in [3.05, 3.63) is 29.8 Å². The van der Waals surface area contributed by atoms with E-state index in [0.717, 1.165) is 24.8 Å². The summed E-state index contributed by atoms with van der Waals surface area (Å²) in [5.74, 6) is 1.75. The monoisotopic (exact) mass is 289 g/mol. The molecule has 2 rings (SSSR count). The minimum Gasteiger partial charge on any atom is -0.497 e. The molecule has 0 bridgehead atoms. The smallest absolute Gasteiger partial charge is 0.191 e. The van der Waals surface area contributed by atoms with Crippen LogP contribution in [0.4, 0.5) is 0 Å². The van der Waals surface area contributed by atoms with Crippen LogP contribution in [0.3, 0.4) is 0 Å². The summed E-state index contributed by atoms with van der Waals surface area (Å²) in [6.07, 6.45) is 5.34. The first-order chi connectivity index (χ1) is 10.1. The van der Waals surface area contributed by atoms with E-state index in [9.17, 15) is 0 Å². The Labute approximate surface area is 128 Å². The number of guanidine groups is 1. The summed E-state index contributed by atoms with van der Waals surface area (Å²) in [6, 6.07) is 8.09. The van der Waals surface area contributed by atoms with Crippen LogP contribution in [0.2, 0.25) is 0 Å². The fourth-order valence-corrected chi connectivity index (χ4v) is 2.89. The third kappa shape index (κ3) is 4.66. The van der Waals surface area contributed by atoms with Crippen molar-refractivity contribution in [3.63, 3.8) is 0 Å². The molecule has 0 aromatic heterocycles. The van der Waals surface area contributed by atoms with Gasteiger partial charge in [0.1, 0.15) is 5.75 Å². The average Bonchev–Trinajstić information content (AvgIpc) is 2.95. The van der Waals surface area contributed by atoms with Gasteiger partial charge in [-0.15, -0.1) is 0 Å². The molecule has 0 spiro atoms. The molecule has 1 fully saturated rings. The summed E-state index contributed by atoms with van der Waals surface area (Å²) in [7, 11) is 3.51. The van der Waals surface area contributed by atoms with Crippen molar-refractivity contribution < 1.29 is 4.74 Å². The zero-order chi connectivity index (χ0) is 15.1. The molecule has 4 heteroatoms. The van der Waals surface area contributed by atoms with Crippen molar-refractivity contribution in [2.75, 3.05) is 20.7 Å². The Morgan fingerprint density at radius 3 is 2.71 bits per heavy atom. The highest BCUT2D eigenvalue weighted by Gasteiger charge is 2.28. The highest BCUT2D eigenvalue weighted by Crippen LogP contribution is 2.36. The number of aliphatic imine (C=N–C) groups is 1. The Bertz CT molecular complexity index is 479. The Hall–Kier alpha value is -1.71. The maximum atomic E-state index is 5.24. The molecule has 116 valence electrons. The molecular weight excluding hydrogens is 262 g/mol. The van der Waals surface area contributed by atoms with Crippen LogP contribution in [0.5, 0.6) is 5.75 Å². The van der Waals surface area contributed by atoms with Gasteiger partial charge in [0, 0.05) is 20.1 Å². The van der Waals surface area contributed by atoms with Gasteiger partial charge in [0.2, 0.25) is 0 Å². The van der Waals surface area contributed by atoms with E-state index in [-0.39, 0.29) is 0 Å². The van der Waals surface area contributed by atoms with Gasteiger partial charge >= 0.3 is 0 Å². The topological polar surface area (TPSA) is 45.7 Å². The van der Waals surface area contributed by atoms with Crippen LogP contribution in [0, 0.1) is 5.41 Å². The average molecular weight is 289 g/mol. The minimum atomic E-state index is 0.424. The van der Waals surface area contributed by atoms with Crippen molar-refractivity contribution in [1.29, 1.82) is 0 Å². The Kier molecular flexibility index (Phi) is 5.48. The first-order valence-electron chi connectivity index (χ1n) is 7.73. The second kappa shape index (κ2) is 7.34. The van der Waals surface area contributed by atoms with Crippen LogP contribution in [0.15, 0.2) is 29.3 Å². The Morgan fingerprint density at radius 1 is 1.29 bits per heavy atom. The maximum absolute atomic E-state index is 5.24. The number of benzene rings is 1. The number of ether oxygens (including phenoxy) is 1. The fraction of sp³-hybridized carbons (Fsp3) is 0.588. The van der Waals surface area contributed by atoms with E-state index in [1.54, 1.807) is 7.11 Å². The van der Waals surface area contributed by atoms with E-state index < -0.39 is 0 Å². The molecule has 21 heavy (non-hydrogen) atoms. The van der Waals surface area contributed by atoms with Gasteiger partial charge in [0.05, 0.1) is 7.11 Å². The lowest BCUT2D eigenvalue weighted by molar-refractivity contribution is 0.334. The van der Waals surface area contributed by atoms with Gasteiger partial charge < -0.3 is 15.4 Å². The lowest BCUT2D eigenvalue weighted by Crippen LogP contribution is -2.41. The molecule has 1 aromatic rings. The van der Waals surface area contributed by atoms with E-state index in [2.05, 4.69) is 28.6 Å². The molecule has 0 unspecified atom stereocenters. The molecule has 2 N–H and O–H groups in total. The predicted molar refractivity (Wildman–Crippen MR) is 87.8 cm³/mol. The normalized spacial score (nSPS) is 17.6. The molecule has 1 aliphatic rings. The summed E-state index contributed by atoms with van der Waals surface area (Å²) in [5, 5.41) is 6.82. The second-order valence-electron chi connectivity index (χ2n) is 6.15. The molecule has 0 radical (unpaired) electrons. The highest BCUT2D eigenvalue weighted by molar-refractivity contribution is 5.79. The third-order valence-corrected chi connectivity index (χ3v) is 4.31. The molecule has 0 heterocycles. The van der Waals surface area contributed by atoms with Gasteiger partial charge in [-0.05, 0) is 36.0 Å². The second-order valence-corrected chi connectivity index (χ2v) is 6.15. The third-order valence-electron chi connectivity index (χ3n) is 4.31. The quantitative estimate of drug-likeness (QED) is 0.647. The number of hydrogen-bond donors (Lipinski definition) is 2. The SMILES string of the molecule is CN=C(NCc1cccc(OC)c1)NCC1(C)CCCC1. The first kappa shape index (κ1) is 15.7. The van der Waals surface area contributed by atoms with Gasteiger partial charge in [0.25, 0.3) is 0 Å². The molecule has 0 atom stereocenters. The number of methoxy groups -OCH3 is 1. The van der Waals surface area contributed by atoms with E-state index >= 15 is 0 Å². The first-order valence-corrected chi connectivity index (χ1v) is 7.73. The Morgan fingerprint density at radius 2 is 2.05 bits per heavy atom. The van der Waals surface area contributed by atoms with Crippen molar-refractivity contribution >= 4 is 5.96 Å². The summed E-state index contributed by atoms with van der Waals surface area (Å²) < 4.78 is 5.24. The van der Waals surface area contributed by atoms with Crippen LogP contribution >= 0.6 is 0 Å². The molecular formula is C17H27N3O. The molecule has 0 aliphatic heterocycles. The van der Waals surface area contributed by atoms with Crippen LogP contribution in [-0.4, -0.2) is 26.7 Å². The van der Waals surface area contributed by atoms with Crippen molar-refractivity contribution in [1.82, 2.24) is 10.6 Å². The van der Waals surface area contributed by atoms with Crippen LogP contribution in [0.25, 0.3) is 0 Å². The van der Waals surface area contributed by atoms with E-state index in [4.69, 9.17) is 4.74 Å². The van der Waals surface area contributed by atoms with Crippen LogP contribution in [-0.2, 0) is 6.54 Å². The largest absolute Gasteiger partial charge is 0.497 e. The number of nitrogens with one attached hydrogen (secondary N) is 2. The summed E-state index contributed by atoms with van der Waals surface area (Å²) in [4.78, 5) is 4.30. The van der Waals surface area contributed by atoms with Gasteiger partial charge in [0.15, 0.2) is 5.96 Å². The number of rotatable bonds is 5. The molecule has 1 saturated carbocycles. The number of nitrogens with zero attached hydrogens (tertiary/aromatic N) is 1. The molecule has 1 aliphatic carbocycles. The minimum absolute atomic E-state index is 0.424. The summed E-state index contributed by atoms with van der Waals surface area (Å²) in [5.41, 5.74) is 1.61. The van der Waals surface area contributed by atoms with Crippen molar-refractivity contribution in [3.8, 4) is 5.75 Å². The molecule has 0 saturated heterocycles. The molecule has 4 nitrogen and oxygen atoms in total. The highest BCUT2D eigenvalue weighted by atomic mass is 16.5. The summed E-state index contributed by atoms with van der Waals surface area (Å²) >= 11 is 0. The summed E-state index contributed by atoms with van der Waals surface area (Å²) in [6.45, 7) is 4.10. The van der Waals surface area contributed by atoms with Gasteiger partial charge in [-0.2, -0.15) is 0 Å². The fourth-order valence-electron chi connectivity index (χ4n) is 2.89. The molecule has 0 amide bonds. The lowest BCUT2D eigenvalue weighted by Gasteiger charge is -2.25. The van der Waals surface area contributed by atoms with Gasteiger partial charge in [-0.25, -0.2) is 0 Å². The van der Waals surface area contributed by atoms with Gasteiger partial charge in [-0.1, -0.05) is 31.9 Å². The maximum Gasteiger partial charge on any atom is 0.191 e. The van der Waals surface area contributed by atoms with Gasteiger partial charge in [-0.3, -0.25) is 4.99 Å². The van der Waals surface area contributed by atoms with Crippen LogP contribution in [0.1, 0.15) is 38.2 Å². The lowest BCUT2D eigenvalue weighted by atomic mass is 9.89. The zero-order valence-corrected chi connectivity index (χ0v) is 13.4. The van der Waals surface area contributed by atoms with Crippen molar-refractivity contribution in [2.45, 2.75) is 39.2 Å². The Balaban J connectivity index is 1.82. The van der Waals surface area contributed by atoms with Crippen molar-refractivity contribution in [2.24, 2.45) is 10.4 Å². The van der Waals surface area contributed by atoms with Crippen LogP contribution < -0.4 is 15.4 Å². The molecule has 1 aromatic carbocycles. The standard InChI is InChI=1S/C17H27N3O/c1-17(9-4-5-10-17)13-20-16(18-2)19-12-14-7-6-8-15(11-14)21-3/h6-8,11H,4-5,9-10,12-13H2,1-3H3,(H2,18,19,20). The van der Waals surface area contributed by atoms with E-state index in [0.29, 0.717) is 5.41 Å². The predicted octanol–water partition coefficient (Wildman–Crippen LogP) is 2.94.